The van der Waals surface area contributed by atoms with E-state index in [9.17, 15) is 9.90 Å². The number of morpholine rings is 1. The molecule has 1 fully saturated rings. The van der Waals surface area contributed by atoms with E-state index in [1.807, 2.05) is 10.6 Å². The maximum Gasteiger partial charge on any atom is 0.337 e. The summed E-state index contributed by atoms with van der Waals surface area (Å²) in [5, 5.41) is 9.33. The van der Waals surface area contributed by atoms with E-state index in [0.29, 0.717) is 17.6 Å². The number of hydrogen-bond donors (Lipinski definition) is 1. The Bertz CT molecular complexity index is 653. The van der Waals surface area contributed by atoms with E-state index in [4.69, 9.17) is 4.74 Å². The van der Waals surface area contributed by atoms with Crippen molar-refractivity contribution in [2.75, 3.05) is 26.2 Å². The number of benzene rings is 1. The molecule has 1 aromatic heterocycles. The lowest BCUT2D eigenvalue weighted by Crippen LogP contribution is -2.43. The van der Waals surface area contributed by atoms with Crippen LogP contribution in [0.5, 0.6) is 0 Å². The van der Waals surface area contributed by atoms with Crippen molar-refractivity contribution < 1.29 is 14.6 Å². The molecule has 2 aromatic rings. The van der Waals surface area contributed by atoms with Gasteiger partial charge in [-0.2, -0.15) is 0 Å². The van der Waals surface area contributed by atoms with Crippen LogP contribution in [-0.2, 0) is 11.3 Å². The zero-order valence-corrected chi connectivity index (χ0v) is 12.0. The van der Waals surface area contributed by atoms with Gasteiger partial charge in [-0.3, -0.25) is 4.90 Å². The molecule has 1 atom stereocenters. The van der Waals surface area contributed by atoms with Crippen LogP contribution < -0.4 is 0 Å². The van der Waals surface area contributed by atoms with Crippen LogP contribution in [-0.4, -0.2) is 57.9 Å². The number of rotatable bonds is 4. The fourth-order valence-electron chi connectivity index (χ4n) is 2.84. The number of fused-ring (bicyclic) bond motifs is 1. The van der Waals surface area contributed by atoms with Crippen molar-refractivity contribution >= 4 is 17.0 Å². The topological polar surface area (TPSA) is 67.6 Å². The molecule has 0 amide bonds. The second-order valence-electron chi connectivity index (χ2n) is 5.26. The van der Waals surface area contributed by atoms with Crippen molar-refractivity contribution in [2.24, 2.45) is 0 Å². The van der Waals surface area contributed by atoms with Gasteiger partial charge in [0.15, 0.2) is 0 Å². The second-order valence-corrected chi connectivity index (χ2v) is 5.26. The fraction of sp³-hybridized carbons (Fsp3) is 0.467. The van der Waals surface area contributed by atoms with Crippen molar-refractivity contribution in [1.82, 2.24) is 14.5 Å². The standard InChI is InChI=1S/C15H19N3O3/c1-2-17-6-7-21-11(8-17)9-18-10-16-13-5-3-4-12(14(13)18)15(19)20/h3-5,10-11H,2,6-9H2,1H3,(H,19,20). The maximum atomic E-state index is 11.4. The van der Waals surface area contributed by atoms with Crippen molar-refractivity contribution in [1.29, 1.82) is 0 Å². The molecular formula is C15H19N3O3. The van der Waals surface area contributed by atoms with Gasteiger partial charge in [-0.15, -0.1) is 0 Å². The van der Waals surface area contributed by atoms with Gasteiger partial charge in [-0.25, -0.2) is 9.78 Å². The van der Waals surface area contributed by atoms with Crippen LogP contribution in [0.25, 0.3) is 11.0 Å². The van der Waals surface area contributed by atoms with Gasteiger partial charge >= 0.3 is 5.97 Å². The Morgan fingerprint density at radius 1 is 1.52 bits per heavy atom. The van der Waals surface area contributed by atoms with Crippen molar-refractivity contribution in [3.05, 3.63) is 30.1 Å². The number of carboxylic acids is 1. The number of para-hydroxylation sites is 1. The normalized spacial score (nSPS) is 20.0. The number of ether oxygens (including phenoxy) is 1. The molecule has 0 aliphatic carbocycles. The predicted octanol–water partition coefficient (Wildman–Crippen LogP) is 1.46. The number of imidazole rings is 1. The van der Waals surface area contributed by atoms with E-state index < -0.39 is 5.97 Å². The first-order chi connectivity index (χ1) is 10.2. The molecule has 1 aliphatic heterocycles. The average molecular weight is 289 g/mol. The summed E-state index contributed by atoms with van der Waals surface area (Å²) < 4.78 is 7.69. The van der Waals surface area contributed by atoms with Crippen molar-refractivity contribution in [3.63, 3.8) is 0 Å². The first kappa shape index (κ1) is 14.0. The first-order valence-corrected chi connectivity index (χ1v) is 7.20. The van der Waals surface area contributed by atoms with Gasteiger partial charge in [-0.1, -0.05) is 13.0 Å². The van der Waals surface area contributed by atoms with E-state index in [-0.39, 0.29) is 11.7 Å². The minimum Gasteiger partial charge on any atom is -0.478 e. The van der Waals surface area contributed by atoms with Gasteiger partial charge in [0.2, 0.25) is 0 Å². The number of aromatic nitrogens is 2. The van der Waals surface area contributed by atoms with E-state index in [1.165, 1.54) is 0 Å². The molecule has 1 aromatic carbocycles. The molecule has 6 heteroatoms. The Kier molecular flexibility index (Phi) is 3.90. The smallest absolute Gasteiger partial charge is 0.337 e. The number of hydrogen-bond acceptors (Lipinski definition) is 4. The summed E-state index contributed by atoms with van der Waals surface area (Å²) in [4.78, 5) is 18.0. The van der Waals surface area contributed by atoms with Crippen LogP contribution >= 0.6 is 0 Å². The molecule has 0 saturated carbocycles. The molecule has 0 bridgehead atoms. The molecule has 1 aliphatic rings. The van der Waals surface area contributed by atoms with Crippen LogP contribution in [0.1, 0.15) is 17.3 Å². The minimum atomic E-state index is -0.929. The Balaban J connectivity index is 1.89. The molecule has 1 saturated heterocycles. The number of likely N-dealkylation sites (N-methyl/N-ethyl adjacent to an activating group) is 1. The Hall–Kier alpha value is -1.92. The summed E-state index contributed by atoms with van der Waals surface area (Å²) in [5.41, 5.74) is 1.66. The maximum absolute atomic E-state index is 11.4. The Labute approximate surface area is 122 Å². The first-order valence-electron chi connectivity index (χ1n) is 7.20. The summed E-state index contributed by atoms with van der Waals surface area (Å²) in [7, 11) is 0. The van der Waals surface area contributed by atoms with Crippen LogP contribution in [0.3, 0.4) is 0 Å². The second kappa shape index (κ2) is 5.83. The zero-order valence-electron chi connectivity index (χ0n) is 12.0. The average Bonchev–Trinajstić information content (AvgIpc) is 2.90. The number of carbonyl (C=O) groups is 1. The number of aromatic carboxylic acids is 1. The van der Waals surface area contributed by atoms with Crippen LogP contribution in [0.15, 0.2) is 24.5 Å². The summed E-state index contributed by atoms with van der Waals surface area (Å²) in [6.45, 7) is 6.31. The Morgan fingerprint density at radius 2 is 2.38 bits per heavy atom. The van der Waals surface area contributed by atoms with Gasteiger partial charge in [-0.05, 0) is 18.7 Å². The van der Waals surface area contributed by atoms with Gasteiger partial charge in [0.25, 0.3) is 0 Å². The number of nitrogens with zero attached hydrogens (tertiary/aromatic N) is 3. The largest absolute Gasteiger partial charge is 0.478 e. The molecule has 1 unspecified atom stereocenters. The van der Waals surface area contributed by atoms with Crippen molar-refractivity contribution in [3.8, 4) is 0 Å². The molecule has 3 rings (SSSR count). The molecular weight excluding hydrogens is 270 g/mol. The van der Waals surface area contributed by atoms with E-state index in [2.05, 4.69) is 16.8 Å². The van der Waals surface area contributed by atoms with Crippen LogP contribution in [0.4, 0.5) is 0 Å². The third kappa shape index (κ3) is 2.77. The minimum absolute atomic E-state index is 0.0675. The SMILES string of the molecule is CCN1CCOC(Cn2cnc3cccc(C(=O)O)c32)C1. The van der Waals surface area contributed by atoms with E-state index in [0.717, 1.165) is 26.2 Å². The third-order valence-corrected chi connectivity index (χ3v) is 3.94. The molecule has 0 spiro atoms. The quantitative estimate of drug-likeness (QED) is 0.923. The lowest BCUT2D eigenvalue weighted by molar-refractivity contribution is -0.0338. The highest BCUT2D eigenvalue weighted by molar-refractivity contribution is 6.01. The van der Waals surface area contributed by atoms with Gasteiger partial charge in [0, 0.05) is 13.1 Å². The summed E-state index contributed by atoms with van der Waals surface area (Å²) in [6, 6.07) is 5.17. The highest BCUT2D eigenvalue weighted by Crippen LogP contribution is 2.19. The molecule has 0 radical (unpaired) electrons. The third-order valence-electron chi connectivity index (χ3n) is 3.94. The monoisotopic (exact) mass is 289 g/mol. The highest BCUT2D eigenvalue weighted by Gasteiger charge is 2.21. The number of carboxylic acid groups (broad SMARTS) is 1. The van der Waals surface area contributed by atoms with Gasteiger partial charge in [0.1, 0.15) is 0 Å². The summed E-state index contributed by atoms with van der Waals surface area (Å²) in [5.74, 6) is -0.929. The predicted molar refractivity (Wildman–Crippen MR) is 78.5 cm³/mol. The molecule has 6 nitrogen and oxygen atoms in total. The highest BCUT2D eigenvalue weighted by atomic mass is 16.5. The molecule has 2 heterocycles. The summed E-state index contributed by atoms with van der Waals surface area (Å²) >= 11 is 0. The van der Waals surface area contributed by atoms with E-state index in [1.54, 1.807) is 18.5 Å². The van der Waals surface area contributed by atoms with Crippen LogP contribution in [0.2, 0.25) is 0 Å². The lowest BCUT2D eigenvalue weighted by atomic mass is 10.1. The molecule has 1 N–H and O–H groups in total. The lowest BCUT2D eigenvalue weighted by Gasteiger charge is -2.32. The molecule has 21 heavy (non-hydrogen) atoms. The van der Waals surface area contributed by atoms with Gasteiger partial charge < -0.3 is 14.4 Å². The zero-order chi connectivity index (χ0) is 14.8. The van der Waals surface area contributed by atoms with Crippen LogP contribution in [0, 0.1) is 0 Å². The van der Waals surface area contributed by atoms with Crippen molar-refractivity contribution in [2.45, 2.75) is 19.6 Å². The molecule has 112 valence electrons. The fourth-order valence-corrected chi connectivity index (χ4v) is 2.84. The Morgan fingerprint density at radius 3 is 3.14 bits per heavy atom. The van der Waals surface area contributed by atoms with E-state index >= 15 is 0 Å². The van der Waals surface area contributed by atoms with Gasteiger partial charge in [0.05, 0.1) is 42.2 Å². The summed E-state index contributed by atoms with van der Waals surface area (Å²) in [6.07, 6.45) is 1.77.